The Morgan fingerprint density at radius 2 is 2.00 bits per heavy atom. The molecular formula is C18H12Br2ClNO3S. The number of nitrogens with zero attached hydrogens (tertiary/aromatic N) is 1. The number of hydrogen-bond donors (Lipinski definition) is 0. The van der Waals surface area contributed by atoms with Gasteiger partial charge in [-0.1, -0.05) is 39.7 Å². The summed E-state index contributed by atoms with van der Waals surface area (Å²) in [5.41, 5.74) is 1.49. The molecule has 0 unspecified atom stereocenters. The predicted molar refractivity (Wildman–Crippen MR) is 111 cm³/mol. The number of ether oxygens (including phenoxy) is 1. The van der Waals surface area contributed by atoms with Crippen molar-refractivity contribution in [2.24, 2.45) is 0 Å². The second-order valence-corrected chi connectivity index (χ2v) is 8.61. The Morgan fingerprint density at radius 1 is 1.23 bits per heavy atom. The molecule has 4 nitrogen and oxygen atoms in total. The Hall–Kier alpha value is -1.28. The fourth-order valence-corrected chi connectivity index (χ4v) is 4.96. The highest BCUT2D eigenvalue weighted by atomic mass is 79.9. The lowest BCUT2D eigenvalue weighted by Gasteiger charge is -2.12. The van der Waals surface area contributed by atoms with Crippen LogP contribution in [0, 0.1) is 0 Å². The van der Waals surface area contributed by atoms with Gasteiger partial charge < -0.3 is 4.74 Å². The topological polar surface area (TPSA) is 46.6 Å². The maximum atomic E-state index is 12.7. The number of thioether (sulfide) groups is 1. The highest BCUT2D eigenvalue weighted by molar-refractivity contribution is 9.11. The average Bonchev–Trinajstić information content (AvgIpc) is 2.82. The minimum atomic E-state index is -0.335. The average molecular weight is 518 g/mol. The molecule has 0 N–H and O–H groups in total. The van der Waals surface area contributed by atoms with Gasteiger partial charge in [-0.3, -0.25) is 14.5 Å². The molecule has 0 aromatic heterocycles. The third-order valence-electron chi connectivity index (χ3n) is 3.63. The normalized spacial score (nSPS) is 15.8. The van der Waals surface area contributed by atoms with Gasteiger partial charge in [0.2, 0.25) is 0 Å². The van der Waals surface area contributed by atoms with Crippen LogP contribution < -0.4 is 4.74 Å². The van der Waals surface area contributed by atoms with Crippen molar-refractivity contribution in [3.63, 3.8) is 0 Å². The quantitative estimate of drug-likeness (QED) is 0.459. The maximum absolute atomic E-state index is 12.7. The van der Waals surface area contributed by atoms with Crippen molar-refractivity contribution in [1.29, 1.82) is 0 Å². The van der Waals surface area contributed by atoms with E-state index in [-0.39, 0.29) is 17.7 Å². The molecule has 2 amide bonds. The van der Waals surface area contributed by atoms with Crippen molar-refractivity contribution in [1.82, 2.24) is 4.90 Å². The third kappa shape index (κ3) is 4.17. The summed E-state index contributed by atoms with van der Waals surface area (Å²) < 4.78 is 6.97. The summed E-state index contributed by atoms with van der Waals surface area (Å²) in [5.74, 6) is 0.257. The van der Waals surface area contributed by atoms with Crippen molar-refractivity contribution in [3.05, 3.63) is 66.4 Å². The van der Waals surface area contributed by atoms with Crippen LogP contribution in [0.1, 0.15) is 11.1 Å². The number of halogens is 3. The van der Waals surface area contributed by atoms with E-state index in [0.717, 1.165) is 26.3 Å². The Kier molecular flexibility index (Phi) is 6.12. The van der Waals surface area contributed by atoms with Crippen LogP contribution in [0.5, 0.6) is 5.75 Å². The number of carbonyl (C=O) groups excluding carboxylic acids is 2. The first kappa shape index (κ1) is 19.5. The lowest BCUT2D eigenvalue weighted by molar-refractivity contribution is -0.123. The standard InChI is InChI=1S/C18H12Br2ClNO3S/c1-25-16-11(6-12(19)8-14(16)20)7-15-17(23)22(18(24)26-15)9-10-3-2-4-13(21)5-10/h2-8H,9H2,1H3/b15-7-. The molecule has 0 saturated carbocycles. The number of methoxy groups -OCH3 is 1. The number of hydrogen-bond acceptors (Lipinski definition) is 4. The molecule has 1 aliphatic rings. The lowest BCUT2D eigenvalue weighted by atomic mass is 10.1. The van der Waals surface area contributed by atoms with Gasteiger partial charge in [-0.2, -0.15) is 0 Å². The molecule has 0 aliphatic carbocycles. The van der Waals surface area contributed by atoms with Gasteiger partial charge in [-0.15, -0.1) is 0 Å². The first-order chi connectivity index (χ1) is 12.4. The van der Waals surface area contributed by atoms with Crippen molar-refractivity contribution in [2.45, 2.75) is 6.54 Å². The van der Waals surface area contributed by atoms with Crippen LogP contribution in [0.2, 0.25) is 5.02 Å². The van der Waals surface area contributed by atoms with Crippen molar-refractivity contribution in [2.75, 3.05) is 7.11 Å². The van der Waals surface area contributed by atoms with Gasteiger partial charge in [0.25, 0.3) is 11.1 Å². The first-order valence-electron chi connectivity index (χ1n) is 7.42. The second kappa shape index (κ2) is 8.17. The molecule has 134 valence electrons. The minimum absolute atomic E-state index is 0.182. The highest BCUT2D eigenvalue weighted by Gasteiger charge is 2.35. The summed E-state index contributed by atoms with van der Waals surface area (Å²) in [7, 11) is 1.55. The van der Waals surface area contributed by atoms with Crippen molar-refractivity contribution < 1.29 is 14.3 Å². The van der Waals surface area contributed by atoms with Gasteiger partial charge in [-0.25, -0.2) is 0 Å². The summed E-state index contributed by atoms with van der Waals surface area (Å²) >= 11 is 13.7. The lowest BCUT2D eigenvalue weighted by Crippen LogP contribution is -2.27. The maximum Gasteiger partial charge on any atom is 0.293 e. The molecule has 2 aromatic rings. The van der Waals surface area contributed by atoms with Crippen LogP contribution in [0.4, 0.5) is 4.79 Å². The van der Waals surface area contributed by atoms with Gasteiger partial charge in [0.05, 0.1) is 23.0 Å². The number of benzene rings is 2. The SMILES string of the molecule is COc1c(Br)cc(Br)cc1/C=C1\SC(=O)N(Cc2cccc(Cl)c2)C1=O. The second-order valence-electron chi connectivity index (χ2n) is 5.41. The van der Waals surface area contributed by atoms with Crippen molar-refractivity contribution >= 4 is 72.4 Å². The molecule has 26 heavy (non-hydrogen) atoms. The summed E-state index contributed by atoms with van der Waals surface area (Å²) in [6, 6.07) is 10.8. The van der Waals surface area contributed by atoms with E-state index in [1.807, 2.05) is 18.2 Å². The largest absolute Gasteiger partial charge is 0.495 e. The number of rotatable bonds is 4. The monoisotopic (exact) mass is 515 g/mol. The fourth-order valence-electron chi connectivity index (χ4n) is 2.50. The molecule has 2 aromatic carbocycles. The summed E-state index contributed by atoms with van der Waals surface area (Å²) in [6.45, 7) is 0.182. The first-order valence-corrected chi connectivity index (χ1v) is 10.2. The van der Waals surface area contributed by atoms with E-state index in [2.05, 4.69) is 31.9 Å². The summed E-state index contributed by atoms with van der Waals surface area (Å²) in [4.78, 5) is 26.6. The van der Waals surface area contributed by atoms with E-state index in [9.17, 15) is 9.59 Å². The van der Waals surface area contributed by atoms with E-state index in [1.54, 1.807) is 31.4 Å². The third-order valence-corrected chi connectivity index (χ3v) is 5.82. The minimum Gasteiger partial charge on any atom is -0.495 e. The Morgan fingerprint density at radius 3 is 2.69 bits per heavy atom. The van der Waals surface area contributed by atoms with Gasteiger partial charge in [0.1, 0.15) is 5.75 Å². The van der Waals surface area contributed by atoms with E-state index < -0.39 is 0 Å². The van der Waals surface area contributed by atoms with E-state index in [1.165, 1.54) is 4.90 Å². The summed E-state index contributed by atoms with van der Waals surface area (Å²) in [6.07, 6.45) is 1.66. The van der Waals surface area contributed by atoms with Crippen LogP contribution in [0.25, 0.3) is 6.08 Å². The molecule has 3 rings (SSSR count). The highest BCUT2D eigenvalue weighted by Crippen LogP contribution is 2.38. The van der Waals surface area contributed by atoms with Gasteiger partial charge in [-0.05, 0) is 63.6 Å². The molecule has 0 atom stereocenters. The van der Waals surface area contributed by atoms with Crippen LogP contribution in [0.15, 0.2) is 50.2 Å². The molecule has 1 fully saturated rings. The zero-order valence-electron chi connectivity index (χ0n) is 13.5. The predicted octanol–water partition coefficient (Wildman–Crippen LogP) is 6.11. The van der Waals surface area contributed by atoms with E-state index in [0.29, 0.717) is 21.2 Å². The van der Waals surface area contributed by atoms with Crippen LogP contribution in [-0.2, 0) is 11.3 Å². The molecule has 1 heterocycles. The molecule has 1 aliphatic heterocycles. The molecular weight excluding hydrogens is 506 g/mol. The van der Waals surface area contributed by atoms with Crippen LogP contribution in [-0.4, -0.2) is 23.2 Å². The molecule has 1 saturated heterocycles. The zero-order valence-corrected chi connectivity index (χ0v) is 18.2. The van der Waals surface area contributed by atoms with E-state index >= 15 is 0 Å². The molecule has 8 heteroatoms. The number of carbonyl (C=O) groups is 2. The number of amides is 2. The smallest absolute Gasteiger partial charge is 0.293 e. The van der Waals surface area contributed by atoms with Crippen LogP contribution >= 0.6 is 55.2 Å². The number of imide groups is 1. The van der Waals surface area contributed by atoms with Gasteiger partial charge in [0, 0.05) is 15.1 Å². The molecule has 0 spiro atoms. The molecule has 0 bridgehead atoms. The Bertz CT molecular complexity index is 933. The fraction of sp³-hybridized carbons (Fsp3) is 0.111. The summed E-state index contributed by atoms with van der Waals surface area (Å²) in [5, 5.41) is 0.253. The Balaban J connectivity index is 1.90. The van der Waals surface area contributed by atoms with Gasteiger partial charge in [0.15, 0.2) is 0 Å². The van der Waals surface area contributed by atoms with E-state index in [4.69, 9.17) is 16.3 Å². The zero-order chi connectivity index (χ0) is 18.8. The van der Waals surface area contributed by atoms with Crippen molar-refractivity contribution in [3.8, 4) is 5.75 Å². The Labute approximate surface area is 176 Å². The van der Waals surface area contributed by atoms with Crippen LogP contribution in [0.3, 0.4) is 0 Å². The van der Waals surface area contributed by atoms with Gasteiger partial charge >= 0.3 is 0 Å². The molecule has 0 radical (unpaired) electrons.